The molecule has 0 radical (unpaired) electrons. The van der Waals surface area contributed by atoms with Crippen LogP contribution in [0, 0.1) is 6.92 Å². The molecular formula is C22H25N2O3+. The second-order valence-corrected chi connectivity index (χ2v) is 7.12. The molecular weight excluding hydrogens is 340 g/mol. The number of carbonyl (C=O) groups excluding carboxylic acids is 1. The molecule has 1 aromatic heterocycles. The van der Waals surface area contributed by atoms with Crippen molar-refractivity contribution in [2.75, 3.05) is 33.3 Å². The quantitative estimate of drug-likeness (QED) is 0.772. The van der Waals surface area contributed by atoms with Crippen molar-refractivity contribution in [3.05, 3.63) is 65.4 Å². The Morgan fingerprint density at radius 1 is 1.11 bits per heavy atom. The molecule has 140 valence electrons. The van der Waals surface area contributed by atoms with Crippen molar-refractivity contribution in [1.29, 1.82) is 0 Å². The molecule has 1 aliphatic rings. The van der Waals surface area contributed by atoms with Crippen molar-refractivity contribution in [2.45, 2.75) is 13.5 Å². The molecule has 1 fully saturated rings. The molecule has 1 aliphatic heterocycles. The largest absolute Gasteiger partial charge is 0.497 e. The number of aryl methyl sites for hydroxylation is 1. The van der Waals surface area contributed by atoms with E-state index in [-0.39, 0.29) is 5.91 Å². The third-order valence-electron chi connectivity index (χ3n) is 5.41. The van der Waals surface area contributed by atoms with Crippen LogP contribution in [-0.2, 0) is 6.54 Å². The molecule has 3 aromatic rings. The highest BCUT2D eigenvalue weighted by Crippen LogP contribution is 2.25. The summed E-state index contributed by atoms with van der Waals surface area (Å²) in [6.07, 6.45) is 0. The molecule has 4 rings (SSSR count). The summed E-state index contributed by atoms with van der Waals surface area (Å²) in [5, 5.41) is 1.02. The van der Waals surface area contributed by atoms with Gasteiger partial charge in [-0.1, -0.05) is 18.2 Å². The first kappa shape index (κ1) is 17.6. The van der Waals surface area contributed by atoms with E-state index in [4.69, 9.17) is 9.15 Å². The monoisotopic (exact) mass is 365 g/mol. The number of hydrogen-bond donors (Lipinski definition) is 1. The number of piperazine rings is 1. The van der Waals surface area contributed by atoms with Gasteiger partial charge in [0, 0.05) is 16.5 Å². The van der Waals surface area contributed by atoms with Crippen molar-refractivity contribution in [3.63, 3.8) is 0 Å². The zero-order valence-electron chi connectivity index (χ0n) is 15.8. The Bertz CT molecular complexity index is 938. The Labute approximate surface area is 159 Å². The molecule has 0 unspecified atom stereocenters. The lowest BCUT2D eigenvalue weighted by Crippen LogP contribution is -3.13. The van der Waals surface area contributed by atoms with E-state index < -0.39 is 0 Å². The number of benzene rings is 2. The summed E-state index contributed by atoms with van der Waals surface area (Å²) in [5.41, 5.74) is 3.00. The van der Waals surface area contributed by atoms with Gasteiger partial charge in [-0.3, -0.25) is 4.79 Å². The molecule has 1 amide bonds. The van der Waals surface area contributed by atoms with E-state index in [0.29, 0.717) is 5.76 Å². The van der Waals surface area contributed by atoms with Gasteiger partial charge in [-0.05, 0) is 37.3 Å². The van der Waals surface area contributed by atoms with Crippen LogP contribution in [-0.4, -0.2) is 44.1 Å². The van der Waals surface area contributed by atoms with Crippen molar-refractivity contribution >= 4 is 16.9 Å². The summed E-state index contributed by atoms with van der Waals surface area (Å²) in [6, 6.07) is 16.0. The number of hydrogen-bond acceptors (Lipinski definition) is 3. The van der Waals surface area contributed by atoms with E-state index >= 15 is 0 Å². The number of quaternary nitrogens is 1. The molecule has 0 spiro atoms. The topological polar surface area (TPSA) is 47.1 Å². The number of fused-ring (bicyclic) bond motifs is 1. The minimum absolute atomic E-state index is 0.00666. The number of furan rings is 1. The van der Waals surface area contributed by atoms with Gasteiger partial charge in [0.1, 0.15) is 17.9 Å². The van der Waals surface area contributed by atoms with Crippen LogP contribution in [0.5, 0.6) is 5.75 Å². The normalized spacial score (nSPS) is 15.3. The average Bonchev–Trinajstić information content (AvgIpc) is 3.05. The standard InChI is InChI=1S/C22H24N2O3/c1-16-19-5-3-4-6-20(19)27-21(16)22(25)24-13-11-23(12-14-24)15-17-7-9-18(26-2)10-8-17/h3-10H,11-15H2,1-2H3/p+1. The van der Waals surface area contributed by atoms with E-state index in [1.54, 1.807) is 7.11 Å². The summed E-state index contributed by atoms with van der Waals surface area (Å²) in [7, 11) is 1.68. The van der Waals surface area contributed by atoms with Crippen molar-refractivity contribution in [3.8, 4) is 5.75 Å². The van der Waals surface area contributed by atoms with Crippen LogP contribution in [0.2, 0.25) is 0 Å². The highest BCUT2D eigenvalue weighted by atomic mass is 16.5. The molecule has 27 heavy (non-hydrogen) atoms. The van der Waals surface area contributed by atoms with E-state index in [2.05, 4.69) is 12.1 Å². The van der Waals surface area contributed by atoms with Gasteiger partial charge in [-0.25, -0.2) is 0 Å². The molecule has 0 aliphatic carbocycles. The van der Waals surface area contributed by atoms with Gasteiger partial charge < -0.3 is 19.0 Å². The van der Waals surface area contributed by atoms with Crippen molar-refractivity contribution in [2.24, 2.45) is 0 Å². The number of methoxy groups -OCH3 is 1. The summed E-state index contributed by atoms with van der Waals surface area (Å²) < 4.78 is 11.1. The molecule has 0 bridgehead atoms. The predicted molar refractivity (Wildman–Crippen MR) is 104 cm³/mol. The lowest BCUT2D eigenvalue weighted by molar-refractivity contribution is -0.917. The molecule has 2 heterocycles. The van der Waals surface area contributed by atoms with E-state index in [1.165, 1.54) is 10.5 Å². The maximum Gasteiger partial charge on any atom is 0.290 e. The summed E-state index contributed by atoms with van der Waals surface area (Å²) >= 11 is 0. The van der Waals surface area contributed by atoms with Crippen molar-refractivity contribution < 1.29 is 18.8 Å². The van der Waals surface area contributed by atoms with Crippen LogP contribution in [0.1, 0.15) is 21.7 Å². The average molecular weight is 365 g/mol. The number of rotatable bonds is 4. The van der Waals surface area contributed by atoms with Gasteiger partial charge >= 0.3 is 0 Å². The Kier molecular flexibility index (Phi) is 4.86. The molecule has 0 saturated carbocycles. The van der Waals surface area contributed by atoms with Gasteiger partial charge in [0.2, 0.25) is 0 Å². The first-order valence-electron chi connectivity index (χ1n) is 9.39. The summed E-state index contributed by atoms with van der Waals surface area (Å²) in [5.74, 6) is 1.37. The second kappa shape index (κ2) is 7.45. The Hall–Kier alpha value is -2.79. The Morgan fingerprint density at radius 2 is 1.81 bits per heavy atom. The highest BCUT2D eigenvalue weighted by Gasteiger charge is 2.28. The lowest BCUT2D eigenvalue weighted by Gasteiger charge is -2.32. The molecule has 0 atom stereocenters. The van der Waals surface area contributed by atoms with Crippen LogP contribution in [0.15, 0.2) is 52.9 Å². The minimum Gasteiger partial charge on any atom is -0.497 e. The zero-order chi connectivity index (χ0) is 18.8. The van der Waals surface area contributed by atoms with Crippen LogP contribution in [0.4, 0.5) is 0 Å². The highest BCUT2D eigenvalue weighted by molar-refractivity contribution is 5.98. The van der Waals surface area contributed by atoms with Gasteiger partial charge in [-0.15, -0.1) is 0 Å². The van der Waals surface area contributed by atoms with Gasteiger partial charge in [0.05, 0.1) is 33.3 Å². The number of nitrogens with zero attached hydrogens (tertiary/aromatic N) is 1. The van der Waals surface area contributed by atoms with Gasteiger partial charge in [0.25, 0.3) is 5.91 Å². The fourth-order valence-electron chi connectivity index (χ4n) is 3.76. The van der Waals surface area contributed by atoms with Gasteiger partial charge in [-0.2, -0.15) is 0 Å². The summed E-state index contributed by atoms with van der Waals surface area (Å²) in [6.45, 7) is 6.32. The fourth-order valence-corrected chi connectivity index (χ4v) is 3.76. The van der Waals surface area contributed by atoms with Crippen molar-refractivity contribution in [1.82, 2.24) is 4.90 Å². The van der Waals surface area contributed by atoms with Crippen LogP contribution >= 0.6 is 0 Å². The Balaban J connectivity index is 1.39. The van der Waals surface area contributed by atoms with E-state index in [0.717, 1.165) is 55.0 Å². The number of carbonyl (C=O) groups is 1. The second-order valence-electron chi connectivity index (χ2n) is 7.12. The predicted octanol–water partition coefficient (Wildman–Crippen LogP) is 2.29. The van der Waals surface area contributed by atoms with E-state index in [1.807, 2.05) is 48.2 Å². The molecule has 1 saturated heterocycles. The lowest BCUT2D eigenvalue weighted by atomic mass is 10.1. The molecule has 5 nitrogen and oxygen atoms in total. The minimum atomic E-state index is 0.00666. The third kappa shape index (κ3) is 3.55. The number of nitrogens with one attached hydrogen (secondary N) is 1. The zero-order valence-corrected chi connectivity index (χ0v) is 15.8. The maximum absolute atomic E-state index is 12.9. The fraction of sp³-hybridized carbons (Fsp3) is 0.318. The maximum atomic E-state index is 12.9. The SMILES string of the molecule is COc1ccc(C[NH+]2CCN(C(=O)c3oc4ccccc4c3C)CC2)cc1. The van der Waals surface area contributed by atoms with Crippen LogP contribution < -0.4 is 9.64 Å². The number of para-hydroxylation sites is 1. The molecule has 5 heteroatoms. The van der Waals surface area contributed by atoms with E-state index in [9.17, 15) is 4.79 Å². The first-order valence-corrected chi connectivity index (χ1v) is 9.39. The number of ether oxygens (including phenoxy) is 1. The van der Waals surface area contributed by atoms with Gasteiger partial charge in [0.15, 0.2) is 5.76 Å². The number of amides is 1. The summed E-state index contributed by atoms with van der Waals surface area (Å²) in [4.78, 5) is 16.3. The van der Waals surface area contributed by atoms with Crippen LogP contribution in [0.25, 0.3) is 11.0 Å². The molecule has 2 aromatic carbocycles. The Morgan fingerprint density at radius 3 is 2.48 bits per heavy atom. The molecule has 1 N–H and O–H groups in total. The smallest absolute Gasteiger partial charge is 0.290 e. The van der Waals surface area contributed by atoms with Crippen LogP contribution in [0.3, 0.4) is 0 Å². The first-order chi connectivity index (χ1) is 13.2. The third-order valence-corrected chi connectivity index (χ3v) is 5.41.